The molecule has 0 aromatic carbocycles. The Bertz CT molecular complexity index is 1080. The van der Waals surface area contributed by atoms with E-state index < -0.39 is 0 Å². The summed E-state index contributed by atoms with van der Waals surface area (Å²) >= 11 is 2.77. The van der Waals surface area contributed by atoms with E-state index in [2.05, 4.69) is 19.7 Å². The number of hydrogen-bond donors (Lipinski definition) is 0. The van der Waals surface area contributed by atoms with E-state index in [4.69, 9.17) is 23.7 Å². The molecule has 3 aromatic heterocycles. The maximum Gasteiger partial charge on any atom is 0.350 e. The molecule has 0 atom stereocenters. The topological polar surface area (TPSA) is 85.9 Å². The van der Waals surface area contributed by atoms with Gasteiger partial charge in [0.15, 0.2) is 0 Å². The van der Waals surface area contributed by atoms with Crippen molar-refractivity contribution in [2.75, 3.05) is 0 Å². The first-order valence-electron chi connectivity index (χ1n) is 6.35. The summed E-state index contributed by atoms with van der Waals surface area (Å²) in [4.78, 5) is 14.2. The van der Waals surface area contributed by atoms with Crippen molar-refractivity contribution in [1.29, 1.82) is 10.5 Å². The van der Waals surface area contributed by atoms with Crippen molar-refractivity contribution >= 4 is 64.8 Å². The van der Waals surface area contributed by atoms with Gasteiger partial charge >= 0.3 is 11.7 Å². The average molecular weight is 347 g/mol. The van der Waals surface area contributed by atoms with Crippen LogP contribution in [0.5, 0.6) is 0 Å². The van der Waals surface area contributed by atoms with E-state index in [1.54, 1.807) is 12.1 Å². The second-order valence-electron chi connectivity index (χ2n) is 4.48. The summed E-state index contributed by atoms with van der Waals surface area (Å²) in [5, 5.41) is 18.8. The first kappa shape index (κ1) is 15.4. The molecule has 0 amide bonds. The van der Waals surface area contributed by atoms with E-state index in [9.17, 15) is 0 Å². The van der Waals surface area contributed by atoms with Gasteiger partial charge in [-0.25, -0.2) is 10.5 Å². The minimum Gasteiger partial charge on any atom is -0.351 e. The molecular formula is C15H5N7S2. The van der Waals surface area contributed by atoms with Crippen LogP contribution in [0.15, 0.2) is 22.1 Å². The van der Waals surface area contributed by atoms with Crippen molar-refractivity contribution in [1.82, 2.24) is 4.57 Å². The Morgan fingerprint density at radius 1 is 1.00 bits per heavy atom. The van der Waals surface area contributed by atoms with Crippen LogP contribution >= 0.6 is 22.7 Å². The Balaban J connectivity index is 2.19. The normalized spacial score (nSPS) is 11.9. The second kappa shape index (κ2) is 5.95. The number of nitriles is 2. The molecule has 0 saturated heterocycles. The van der Waals surface area contributed by atoms with Crippen molar-refractivity contribution in [3.63, 3.8) is 0 Å². The van der Waals surface area contributed by atoms with Gasteiger partial charge in [0, 0.05) is 19.2 Å². The Labute approximate surface area is 144 Å². The molecule has 3 heterocycles. The lowest BCUT2D eigenvalue weighted by Gasteiger charge is -1.91. The molecule has 0 aliphatic carbocycles. The van der Waals surface area contributed by atoms with Crippen LogP contribution in [0.1, 0.15) is 0 Å². The van der Waals surface area contributed by atoms with Crippen LogP contribution in [0.4, 0.5) is 10.0 Å². The van der Waals surface area contributed by atoms with Crippen LogP contribution in [0.2, 0.25) is 0 Å². The lowest BCUT2D eigenvalue weighted by atomic mass is 10.4. The van der Waals surface area contributed by atoms with Gasteiger partial charge in [-0.05, 0) is 0 Å². The molecule has 0 saturated carbocycles. The highest BCUT2D eigenvalue weighted by Gasteiger charge is 2.18. The highest BCUT2D eigenvalue weighted by Crippen LogP contribution is 2.44. The predicted molar refractivity (Wildman–Crippen MR) is 94.8 cm³/mol. The molecule has 0 bridgehead atoms. The maximum atomic E-state index is 8.81. The summed E-state index contributed by atoms with van der Waals surface area (Å²) in [7, 11) is 1.89. The molecule has 0 aliphatic rings. The largest absolute Gasteiger partial charge is 0.351 e. The molecule has 0 spiro atoms. The zero-order chi connectivity index (χ0) is 17.3. The van der Waals surface area contributed by atoms with Crippen molar-refractivity contribution < 1.29 is 0 Å². The number of amidine groups is 2. The summed E-state index contributed by atoms with van der Waals surface area (Å²) in [6, 6.07) is 7.16. The SMILES string of the molecule is [C-]#[N+]C(C#N)=Nc1cc2c(s1)c1sc(N=C(C#N)[N+]#[C-])cc1n2C. The fourth-order valence-corrected chi connectivity index (χ4v) is 4.43. The highest BCUT2D eigenvalue weighted by atomic mass is 32.1. The summed E-state index contributed by atoms with van der Waals surface area (Å²) in [5.41, 5.74) is 1.90. The van der Waals surface area contributed by atoms with Crippen LogP contribution in [0.25, 0.3) is 30.1 Å². The molecule has 0 N–H and O–H groups in total. The number of fused-ring (bicyclic) bond motifs is 3. The third-order valence-electron chi connectivity index (χ3n) is 3.17. The molecular weight excluding hydrogens is 342 g/mol. The molecule has 3 aromatic rings. The van der Waals surface area contributed by atoms with Crippen molar-refractivity contribution in [3.8, 4) is 12.1 Å². The number of hydrogen-bond acceptors (Lipinski definition) is 6. The fourth-order valence-electron chi connectivity index (χ4n) is 2.16. The van der Waals surface area contributed by atoms with Crippen molar-refractivity contribution in [3.05, 3.63) is 35.0 Å². The van der Waals surface area contributed by atoms with E-state index in [0.717, 1.165) is 20.4 Å². The molecule has 112 valence electrons. The maximum absolute atomic E-state index is 8.81. The van der Waals surface area contributed by atoms with Gasteiger partial charge in [0.25, 0.3) is 0 Å². The molecule has 0 aliphatic heterocycles. The van der Waals surface area contributed by atoms with E-state index in [1.165, 1.54) is 22.7 Å². The first-order chi connectivity index (χ1) is 11.6. The quantitative estimate of drug-likeness (QED) is 0.391. The summed E-state index contributed by atoms with van der Waals surface area (Å²) in [5.74, 6) is -0.407. The Morgan fingerprint density at radius 2 is 1.42 bits per heavy atom. The monoisotopic (exact) mass is 347 g/mol. The third kappa shape index (κ3) is 2.41. The van der Waals surface area contributed by atoms with Crippen LogP contribution in [-0.4, -0.2) is 16.2 Å². The van der Waals surface area contributed by atoms with Gasteiger partial charge in [-0.1, -0.05) is 45.8 Å². The van der Waals surface area contributed by atoms with E-state index in [1.807, 2.05) is 23.7 Å². The van der Waals surface area contributed by atoms with Gasteiger partial charge in [0.1, 0.15) is 12.1 Å². The summed E-state index contributed by atoms with van der Waals surface area (Å²) < 4.78 is 3.91. The third-order valence-corrected chi connectivity index (χ3v) is 5.37. The molecule has 3 rings (SSSR count). The van der Waals surface area contributed by atoms with Crippen LogP contribution in [0, 0.1) is 35.8 Å². The molecule has 0 fully saturated rings. The minimum atomic E-state index is -0.204. The summed E-state index contributed by atoms with van der Waals surface area (Å²) in [6.45, 7) is 13.8. The first-order valence-corrected chi connectivity index (χ1v) is 7.98. The Hall–Kier alpha value is -3.50. The minimum absolute atomic E-state index is 0.204. The number of aryl methyl sites for hydroxylation is 1. The van der Waals surface area contributed by atoms with Crippen LogP contribution in [-0.2, 0) is 7.05 Å². The second-order valence-corrected chi connectivity index (χ2v) is 6.54. The number of thiophene rings is 2. The van der Waals surface area contributed by atoms with Crippen LogP contribution < -0.4 is 0 Å². The predicted octanol–water partition coefficient (Wildman–Crippen LogP) is 4.40. The van der Waals surface area contributed by atoms with E-state index >= 15 is 0 Å². The number of rotatable bonds is 2. The molecule has 0 unspecified atom stereocenters. The van der Waals surface area contributed by atoms with Gasteiger partial charge in [-0.15, -0.1) is 0 Å². The molecule has 7 nitrogen and oxygen atoms in total. The van der Waals surface area contributed by atoms with Crippen molar-refractivity contribution in [2.45, 2.75) is 0 Å². The number of aromatic nitrogens is 1. The van der Waals surface area contributed by atoms with Crippen molar-refractivity contribution in [2.24, 2.45) is 17.0 Å². The number of nitrogens with zero attached hydrogens (tertiary/aromatic N) is 7. The van der Waals surface area contributed by atoms with Crippen LogP contribution in [0.3, 0.4) is 0 Å². The Morgan fingerprint density at radius 3 is 1.75 bits per heavy atom. The smallest absolute Gasteiger partial charge is 0.350 e. The van der Waals surface area contributed by atoms with Gasteiger partial charge in [0.05, 0.1) is 20.4 Å². The zero-order valence-electron chi connectivity index (χ0n) is 12.1. The lowest BCUT2D eigenvalue weighted by molar-refractivity contribution is 1.02. The van der Waals surface area contributed by atoms with Gasteiger partial charge in [-0.2, -0.15) is 0 Å². The molecule has 9 heteroatoms. The van der Waals surface area contributed by atoms with Gasteiger partial charge in [-0.3, -0.25) is 0 Å². The Kier molecular flexibility index (Phi) is 3.82. The molecule has 24 heavy (non-hydrogen) atoms. The number of aliphatic imine (C=N–C) groups is 2. The highest BCUT2D eigenvalue weighted by molar-refractivity contribution is 7.30. The zero-order valence-corrected chi connectivity index (χ0v) is 13.7. The molecule has 0 radical (unpaired) electrons. The van der Waals surface area contributed by atoms with E-state index in [-0.39, 0.29) is 11.7 Å². The summed E-state index contributed by atoms with van der Waals surface area (Å²) in [6.07, 6.45) is 0. The fraction of sp³-hybridized carbons (Fsp3) is 0.0667. The van der Waals surface area contributed by atoms with E-state index in [0.29, 0.717) is 10.0 Å². The van der Waals surface area contributed by atoms with Gasteiger partial charge < -0.3 is 14.3 Å². The standard InChI is InChI=1S/C15H5N7S2/c1-18-10(6-16)20-12-4-8-14(23-12)15-9(22(8)3)5-13(24-15)21-11(7-17)19-2/h4-5H,3H3. The average Bonchev–Trinajstić information content (AvgIpc) is 3.25. The van der Waals surface area contributed by atoms with Gasteiger partial charge in [0.2, 0.25) is 10.0 Å². The lowest BCUT2D eigenvalue weighted by Crippen LogP contribution is -1.84.